The predicted octanol–water partition coefficient (Wildman–Crippen LogP) is 9.58. The van der Waals surface area contributed by atoms with Gasteiger partial charge in [-0.15, -0.1) is 0 Å². The van der Waals surface area contributed by atoms with E-state index in [1.807, 2.05) is 0 Å². The molecule has 0 saturated heterocycles. The first-order valence-corrected chi connectivity index (χ1v) is 14.2. The average molecular weight is 497 g/mol. The van der Waals surface area contributed by atoms with Crippen LogP contribution in [0.25, 0.3) is 0 Å². The summed E-state index contributed by atoms with van der Waals surface area (Å²) >= 11 is 0. The molecule has 2 nitrogen and oxygen atoms in total. The van der Waals surface area contributed by atoms with Crippen molar-refractivity contribution in [2.75, 3.05) is 0 Å². The van der Waals surface area contributed by atoms with Gasteiger partial charge in [0, 0.05) is 5.56 Å². The number of fused-ring (bicyclic) bond motifs is 1. The van der Waals surface area contributed by atoms with Crippen molar-refractivity contribution in [1.82, 2.24) is 0 Å². The molecule has 35 heavy (non-hydrogen) atoms. The van der Waals surface area contributed by atoms with Crippen molar-refractivity contribution in [1.29, 1.82) is 0 Å². The van der Waals surface area contributed by atoms with Crippen LogP contribution >= 0.6 is 8.38 Å². The number of benzene rings is 2. The minimum absolute atomic E-state index is 0.0330. The second-order valence-electron chi connectivity index (χ2n) is 15.5. The highest BCUT2D eigenvalue weighted by atomic mass is 31.2. The molecule has 1 heterocycles. The molecule has 0 aromatic heterocycles. The van der Waals surface area contributed by atoms with E-state index in [1.165, 1.54) is 33.1 Å². The lowest BCUT2D eigenvalue weighted by Crippen LogP contribution is -2.32. The van der Waals surface area contributed by atoms with Gasteiger partial charge >= 0.3 is 8.38 Å². The SMILES string of the molecule is CC(C)(C)c1cc2c(c(C(C)(C)C)c1)OP(c1c(C(C)(C)C)cc(C(C)(C)C)cc1C(C)(C)C)O2. The zero-order valence-electron chi connectivity index (χ0n) is 25.1. The molecule has 0 N–H and O–H groups in total. The van der Waals surface area contributed by atoms with Crippen LogP contribution in [0.5, 0.6) is 11.5 Å². The van der Waals surface area contributed by atoms with Crippen LogP contribution in [0, 0.1) is 0 Å². The summed E-state index contributed by atoms with van der Waals surface area (Å²) in [5.74, 6) is 1.82. The molecule has 1 unspecified atom stereocenters. The van der Waals surface area contributed by atoms with Crippen LogP contribution in [0.4, 0.5) is 0 Å². The third-order valence-electron chi connectivity index (χ3n) is 6.86. The fourth-order valence-electron chi connectivity index (χ4n) is 4.44. The Hall–Kier alpha value is -1.53. The number of rotatable bonds is 1. The zero-order valence-corrected chi connectivity index (χ0v) is 26.0. The maximum atomic E-state index is 6.86. The van der Waals surface area contributed by atoms with Crippen LogP contribution < -0.4 is 14.4 Å². The highest BCUT2D eigenvalue weighted by Crippen LogP contribution is 2.58. The maximum absolute atomic E-state index is 6.86. The van der Waals surface area contributed by atoms with Crippen molar-refractivity contribution in [2.24, 2.45) is 0 Å². The molecule has 0 fully saturated rings. The molecule has 1 atom stereocenters. The van der Waals surface area contributed by atoms with Crippen molar-refractivity contribution < 1.29 is 9.05 Å². The molecular weight excluding hydrogens is 447 g/mol. The molecule has 0 bridgehead atoms. The van der Waals surface area contributed by atoms with Crippen LogP contribution in [0.3, 0.4) is 0 Å². The van der Waals surface area contributed by atoms with E-state index in [-0.39, 0.29) is 27.1 Å². The first kappa shape index (κ1) is 28.0. The van der Waals surface area contributed by atoms with Gasteiger partial charge in [0.15, 0.2) is 11.5 Å². The molecule has 2 aromatic rings. The lowest BCUT2D eigenvalue weighted by Gasteiger charge is -2.34. The largest absolute Gasteiger partial charge is 0.431 e. The Morgan fingerprint density at radius 3 is 1.20 bits per heavy atom. The van der Waals surface area contributed by atoms with Gasteiger partial charge in [-0.1, -0.05) is 122 Å². The summed E-state index contributed by atoms with van der Waals surface area (Å²) in [6.07, 6.45) is 0. The summed E-state index contributed by atoms with van der Waals surface area (Å²) in [5.41, 5.74) is 6.53. The van der Waals surface area contributed by atoms with Crippen molar-refractivity contribution in [3.8, 4) is 11.5 Å². The summed E-state index contributed by atoms with van der Waals surface area (Å²) < 4.78 is 13.7. The van der Waals surface area contributed by atoms with E-state index in [0.29, 0.717) is 0 Å². The van der Waals surface area contributed by atoms with Gasteiger partial charge in [-0.3, -0.25) is 0 Å². The minimum atomic E-state index is -1.30. The molecule has 1 aliphatic heterocycles. The first-order valence-electron chi connectivity index (χ1n) is 13.1. The van der Waals surface area contributed by atoms with Crippen LogP contribution in [-0.2, 0) is 27.1 Å². The summed E-state index contributed by atoms with van der Waals surface area (Å²) in [5, 5.41) is 1.25. The highest BCUT2D eigenvalue weighted by molar-refractivity contribution is 7.57. The van der Waals surface area contributed by atoms with Gasteiger partial charge < -0.3 is 9.05 Å². The van der Waals surface area contributed by atoms with Crippen LogP contribution in [0.2, 0.25) is 0 Å². The Bertz CT molecular complexity index is 1070. The van der Waals surface area contributed by atoms with Gasteiger partial charge in [-0.2, -0.15) is 0 Å². The average Bonchev–Trinajstić information content (AvgIpc) is 3.06. The van der Waals surface area contributed by atoms with Crippen LogP contribution in [0.1, 0.15) is 132 Å². The van der Waals surface area contributed by atoms with Crippen LogP contribution in [-0.4, -0.2) is 0 Å². The maximum Gasteiger partial charge on any atom is 0.326 e. The Morgan fingerprint density at radius 2 is 0.829 bits per heavy atom. The topological polar surface area (TPSA) is 18.5 Å². The van der Waals surface area contributed by atoms with Crippen molar-refractivity contribution in [3.05, 3.63) is 52.1 Å². The van der Waals surface area contributed by atoms with Gasteiger partial charge in [0.25, 0.3) is 0 Å². The Morgan fingerprint density at radius 1 is 0.457 bits per heavy atom. The Labute approximate surface area is 217 Å². The monoisotopic (exact) mass is 496 g/mol. The first-order chi connectivity index (χ1) is 15.5. The van der Waals surface area contributed by atoms with Gasteiger partial charge in [-0.05, 0) is 55.4 Å². The third kappa shape index (κ3) is 5.74. The molecule has 2 aromatic carbocycles. The van der Waals surface area contributed by atoms with Crippen molar-refractivity contribution in [2.45, 2.75) is 131 Å². The summed E-state index contributed by atoms with van der Waals surface area (Å²) in [6.45, 7) is 34.3. The highest BCUT2D eigenvalue weighted by Gasteiger charge is 2.41. The minimum Gasteiger partial charge on any atom is -0.431 e. The summed E-state index contributed by atoms with van der Waals surface area (Å²) in [7, 11) is -1.30. The molecule has 194 valence electrons. The van der Waals surface area contributed by atoms with Crippen molar-refractivity contribution >= 4 is 13.7 Å². The molecule has 0 saturated carbocycles. The fourth-order valence-corrected chi connectivity index (χ4v) is 6.53. The van der Waals surface area contributed by atoms with E-state index in [9.17, 15) is 0 Å². The molecular formula is C32H49O2P. The molecule has 0 radical (unpaired) electrons. The van der Waals surface area contributed by atoms with E-state index >= 15 is 0 Å². The van der Waals surface area contributed by atoms with Gasteiger partial charge in [0.2, 0.25) is 0 Å². The molecule has 3 heteroatoms. The Kier molecular flexibility index (Phi) is 6.82. The third-order valence-corrected chi connectivity index (χ3v) is 8.42. The summed E-state index contributed by atoms with van der Waals surface area (Å²) in [4.78, 5) is 0. The van der Waals surface area contributed by atoms with E-state index in [1.54, 1.807) is 0 Å². The second kappa shape index (κ2) is 8.51. The molecule has 3 rings (SSSR count). The predicted molar refractivity (Wildman–Crippen MR) is 154 cm³/mol. The number of hydrogen-bond donors (Lipinski definition) is 0. The molecule has 1 aliphatic rings. The summed E-state index contributed by atoms with van der Waals surface area (Å²) in [6, 6.07) is 9.37. The zero-order chi connectivity index (χ0) is 26.9. The van der Waals surface area contributed by atoms with Crippen molar-refractivity contribution in [3.63, 3.8) is 0 Å². The Balaban J connectivity index is 2.30. The molecule has 0 aliphatic carbocycles. The van der Waals surface area contributed by atoms with Gasteiger partial charge in [0.1, 0.15) is 0 Å². The van der Waals surface area contributed by atoms with Gasteiger partial charge in [-0.25, -0.2) is 0 Å². The normalized spacial score (nSPS) is 17.2. The van der Waals surface area contributed by atoms with Crippen LogP contribution in [0.15, 0.2) is 24.3 Å². The lowest BCUT2D eigenvalue weighted by atomic mass is 9.75. The number of hydrogen-bond acceptors (Lipinski definition) is 2. The fraction of sp³-hybridized carbons (Fsp3) is 0.625. The second-order valence-corrected chi connectivity index (χ2v) is 16.8. The van der Waals surface area contributed by atoms with E-state index in [2.05, 4.69) is 128 Å². The standard InChI is InChI=1S/C32H49O2P/c1-28(2,3)20-17-23(31(10,11)12)27(24(18-20)32(13,14)15)35-33-25-19-21(29(4,5)6)16-22(26(25)34-35)30(7,8)9/h16-19H,1-15H3. The quantitative estimate of drug-likeness (QED) is 0.366. The van der Waals surface area contributed by atoms with E-state index < -0.39 is 8.38 Å². The molecule has 0 amide bonds. The molecule has 0 spiro atoms. The lowest BCUT2D eigenvalue weighted by molar-refractivity contribution is 0.531. The van der Waals surface area contributed by atoms with E-state index in [0.717, 1.165) is 11.5 Å². The van der Waals surface area contributed by atoms with Gasteiger partial charge in [0.05, 0.1) is 5.30 Å². The smallest absolute Gasteiger partial charge is 0.326 e. The van der Waals surface area contributed by atoms with E-state index in [4.69, 9.17) is 9.05 Å².